The molecule has 5 heteroatoms. The van der Waals surface area contributed by atoms with Crippen molar-refractivity contribution >= 4 is 34.7 Å². The summed E-state index contributed by atoms with van der Waals surface area (Å²) in [7, 11) is 0. The quantitative estimate of drug-likeness (QED) is 0.850. The second kappa shape index (κ2) is 4.73. The number of rotatable bonds is 2. The van der Waals surface area contributed by atoms with E-state index < -0.39 is 0 Å². The van der Waals surface area contributed by atoms with E-state index in [0.29, 0.717) is 26.9 Å². The minimum absolute atomic E-state index is 0.244. The first-order valence-electron chi connectivity index (χ1n) is 4.79. The molecule has 0 radical (unpaired) electrons. The van der Waals surface area contributed by atoms with Crippen LogP contribution in [0.1, 0.15) is 15.9 Å². The lowest BCUT2D eigenvalue weighted by molar-refractivity contribution is 0.103. The first-order chi connectivity index (χ1) is 8.09. The molecule has 0 aliphatic heterocycles. The molecular weight excluding hydrogens is 259 g/mol. The monoisotopic (exact) mass is 266 g/mol. The molecule has 0 aliphatic carbocycles. The van der Waals surface area contributed by atoms with Crippen LogP contribution in [-0.2, 0) is 0 Å². The number of nitrogens with two attached hydrogens (primary N) is 1. The standard InChI is InChI=1S/C12H8Cl2N2O/c13-7-1-2-8(10(14)5-7)12(17)9-3-4-16-6-11(9)15/h1-6H,15H2. The normalized spacial score (nSPS) is 10.2. The van der Waals surface area contributed by atoms with Gasteiger partial charge in [-0.3, -0.25) is 9.78 Å². The Balaban J connectivity index is 2.48. The summed E-state index contributed by atoms with van der Waals surface area (Å²) < 4.78 is 0. The summed E-state index contributed by atoms with van der Waals surface area (Å²) in [6.07, 6.45) is 2.93. The largest absolute Gasteiger partial charge is 0.397 e. The predicted molar refractivity (Wildman–Crippen MR) is 68.5 cm³/mol. The van der Waals surface area contributed by atoms with Crippen LogP contribution in [0.4, 0.5) is 5.69 Å². The van der Waals surface area contributed by atoms with Crippen LogP contribution in [-0.4, -0.2) is 10.8 Å². The van der Waals surface area contributed by atoms with Gasteiger partial charge in [0, 0.05) is 22.3 Å². The van der Waals surface area contributed by atoms with E-state index in [1.807, 2.05) is 0 Å². The molecule has 1 aromatic heterocycles. The van der Waals surface area contributed by atoms with Crippen LogP contribution in [0.5, 0.6) is 0 Å². The Morgan fingerprint density at radius 3 is 2.59 bits per heavy atom. The van der Waals surface area contributed by atoms with E-state index in [0.717, 1.165) is 0 Å². The number of pyridine rings is 1. The average Bonchev–Trinajstić information content (AvgIpc) is 2.29. The van der Waals surface area contributed by atoms with Crippen molar-refractivity contribution in [3.8, 4) is 0 Å². The Hall–Kier alpha value is -1.58. The van der Waals surface area contributed by atoms with Gasteiger partial charge in [0.15, 0.2) is 5.78 Å². The maximum atomic E-state index is 12.2. The van der Waals surface area contributed by atoms with Crippen LogP contribution in [0, 0.1) is 0 Å². The predicted octanol–water partition coefficient (Wildman–Crippen LogP) is 3.20. The Labute approximate surface area is 108 Å². The van der Waals surface area contributed by atoms with E-state index in [1.165, 1.54) is 18.5 Å². The number of nitrogens with zero attached hydrogens (tertiary/aromatic N) is 1. The Bertz CT molecular complexity index is 584. The summed E-state index contributed by atoms with van der Waals surface area (Å²) in [6.45, 7) is 0. The van der Waals surface area contributed by atoms with Crippen molar-refractivity contribution in [3.05, 3.63) is 57.8 Å². The zero-order valence-electron chi connectivity index (χ0n) is 8.65. The van der Waals surface area contributed by atoms with E-state index in [9.17, 15) is 4.79 Å². The number of anilines is 1. The number of carbonyl (C=O) groups is 1. The molecule has 3 nitrogen and oxygen atoms in total. The van der Waals surface area contributed by atoms with Crippen molar-refractivity contribution in [2.75, 3.05) is 5.73 Å². The number of hydrogen-bond donors (Lipinski definition) is 1. The number of benzene rings is 1. The second-order valence-electron chi connectivity index (χ2n) is 3.42. The molecule has 0 fully saturated rings. The Kier molecular flexibility index (Phi) is 3.31. The van der Waals surface area contributed by atoms with Crippen LogP contribution in [0.3, 0.4) is 0 Å². The van der Waals surface area contributed by atoms with Gasteiger partial charge in [-0.2, -0.15) is 0 Å². The molecular formula is C12H8Cl2N2O. The third kappa shape index (κ3) is 2.40. The molecule has 2 N–H and O–H groups in total. The molecule has 0 amide bonds. The Morgan fingerprint density at radius 1 is 1.18 bits per heavy atom. The smallest absolute Gasteiger partial charge is 0.196 e. The van der Waals surface area contributed by atoms with Gasteiger partial charge < -0.3 is 5.73 Å². The highest BCUT2D eigenvalue weighted by Gasteiger charge is 2.15. The number of aromatic nitrogens is 1. The fourth-order valence-electron chi connectivity index (χ4n) is 1.43. The van der Waals surface area contributed by atoms with Crippen molar-refractivity contribution in [1.82, 2.24) is 4.98 Å². The van der Waals surface area contributed by atoms with Gasteiger partial charge >= 0.3 is 0 Å². The lowest BCUT2D eigenvalue weighted by atomic mass is 10.0. The van der Waals surface area contributed by atoms with Crippen molar-refractivity contribution < 1.29 is 4.79 Å². The van der Waals surface area contributed by atoms with Crippen LogP contribution in [0.25, 0.3) is 0 Å². The van der Waals surface area contributed by atoms with Gasteiger partial charge in [-0.25, -0.2) is 0 Å². The molecule has 2 rings (SSSR count). The summed E-state index contributed by atoms with van der Waals surface area (Å²) in [4.78, 5) is 16.0. The number of nitrogen functional groups attached to an aromatic ring is 1. The fraction of sp³-hybridized carbons (Fsp3) is 0. The molecule has 86 valence electrons. The third-order valence-electron chi connectivity index (χ3n) is 2.27. The number of carbonyl (C=O) groups excluding carboxylic acids is 1. The fourth-order valence-corrected chi connectivity index (χ4v) is 1.93. The van der Waals surface area contributed by atoms with E-state index >= 15 is 0 Å². The maximum absolute atomic E-state index is 12.2. The van der Waals surface area contributed by atoms with E-state index in [2.05, 4.69) is 4.98 Å². The third-order valence-corrected chi connectivity index (χ3v) is 2.82. The molecule has 0 bridgehead atoms. The van der Waals surface area contributed by atoms with Crippen molar-refractivity contribution in [2.45, 2.75) is 0 Å². The van der Waals surface area contributed by atoms with Crippen LogP contribution in [0.15, 0.2) is 36.7 Å². The Morgan fingerprint density at radius 2 is 1.94 bits per heavy atom. The van der Waals surface area contributed by atoms with E-state index in [-0.39, 0.29) is 5.78 Å². The lowest BCUT2D eigenvalue weighted by Crippen LogP contribution is -2.06. The van der Waals surface area contributed by atoms with E-state index in [1.54, 1.807) is 18.2 Å². The molecule has 0 atom stereocenters. The van der Waals surface area contributed by atoms with Gasteiger partial charge in [0.05, 0.1) is 16.9 Å². The van der Waals surface area contributed by atoms with Crippen LogP contribution < -0.4 is 5.73 Å². The summed E-state index contributed by atoms with van der Waals surface area (Å²) in [6, 6.07) is 6.27. The van der Waals surface area contributed by atoms with Crippen LogP contribution >= 0.6 is 23.2 Å². The van der Waals surface area contributed by atoms with Gasteiger partial charge in [0.1, 0.15) is 0 Å². The second-order valence-corrected chi connectivity index (χ2v) is 4.26. The highest BCUT2D eigenvalue weighted by molar-refractivity contribution is 6.37. The van der Waals surface area contributed by atoms with Gasteiger partial charge in [-0.05, 0) is 24.3 Å². The minimum atomic E-state index is -0.244. The summed E-state index contributed by atoms with van der Waals surface area (Å²) in [5.41, 5.74) is 6.76. The summed E-state index contributed by atoms with van der Waals surface area (Å²) >= 11 is 11.7. The molecule has 1 heterocycles. The van der Waals surface area contributed by atoms with E-state index in [4.69, 9.17) is 28.9 Å². The molecule has 17 heavy (non-hydrogen) atoms. The van der Waals surface area contributed by atoms with Crippen molar-refractivity contribution in [3.63, 3.8) is 0 Å². The summed E-state index contributed by atoms with van der Waals surface area (Å²) in [5.74, 6) is -0.244. The lowest BCUT2D eigenvalue weighted by Gasteiger charge is -2.06. The van der Waals surface area contributed by atoms with Crippen molar-refractivity contribution in [1.29, 1.82) is 0 Å². The molecule has 0 saturated carbocycles. The van der Waals surface area contributed by atoms with Crippen molar-refractivity contribution in [2.24, 2.45) is 0 Å². The van der Waals surface area contributed by atoms with Gasteiger partial charge in [-0.1, -0.05) is 23.2 Å². The molecule has 0 spiro atoms. The molecule has 2 aromatic rings. The SMILES string of the molecule is Nc1cnccc1C(=O)c1ccc(Cl)cc1Cl. The van der Waals surface area contributed by atoms with Gasteiger partial charge in [0.2, 0.25) is 0 Å². The van der Waals surface area contributed by atoms with Gasteiger partial charge in [0.25, 0.3) is 0 Å². The van der Waals surface area contributed by atoms with Crippen LogP contribution in [0.2, 0.25) is 10.0 Å². The summed E-state index contributed by atoms with van der Waals surface area (Å²) in [5, 5.41) is 0.785. The first kappa shape index (κ1) is 11.9. The topological polar surface area (TPSA) is 56.0 Å². The first-order valence-corrected chi connectivity index (χ1v) is 5.54. The highest BCUT2D eigenvalue weighted by atomic mass is 35.5. The molecule has 0 aliphatic rings. The zero-order valence-corrected chi connectivity index (χ0v) is 10.2. The molecule has 0 unspecified atom stereocenters. The highest BCUT2D eigenvalue weighted by Crippen LogP contribution is 2.24. The average molecular weight is 267 g/mol. The minimum Gasteiger partial charge on any atom is -0.397 e. The molecule has 0 saturated heterocycles. The maximum Gasteiger partial charge on any atom is 0.196 e. The zero-order chi connectivity index (χ0) is 12.4. The number of hydrogen-bond acceptors (Lipinski definition) is 3. The number of halogens is 2. The number of ketones is 1. The van der Waals surface area contributed by atoms with Gasteiger partial charge in [-0.15, -0.1) is 0 Å². The molecule has 1 aromatic carbocycles.